The number of para-hydroxylation sites is 1. The van der Waals surface area contributed by atoms with Gasteiger partial charge in [-0.2, -0.15) is 0 Å². The van der Waals surface area contributed by atoms with Crippen LogP contribution in [-0.2, 0) is 6.42 Å². The first-order valence-electron chi connectivity index (χ1n) is 5.88. The Kier molecular flexibility index (Phi) is 2.48. The molecule has 0 aliphatic carbocycles. The van der Waals surface area contributed by atoms with Crippen LogP contribution in [0, 0.1) is 0 Å². The van der Waals surface area contributed by atoms with Gasteiger partial charge < -0.3 is 10.2 Å². The van der Waals surface area contributed by atoms with Crippen molar-refractivity contribution >= 4 is 16.8 Å². The number of rotatable bonds is 2. The molecule has 4 heteroatoms. The molecule has 0 saturated carbocycles. The fourth-order valence-corrected chi connectivity index (χ4v) is 1.97. The highest BCUT2D eigenvalue weighted by Crippen LogP contribution is 2.28. The van der Waals surface area contributed by atoms with Gasteiger partial charge in [0.1, 0.15) is 17.7 Å². The Morgan fingerprint density at radius 1 is 1.22 bits per heavy atom. The van der Waals surface area contributed by atoms with Crippen LogP contribution in [0.4, 0.5) is 5.82 Å². The van der Waals surface area contributed by atoms with Gasteiger partial charge in [-0.3, -0.25) is 0 Å². The van der Waals surface area contributed by atoms with Crippen LogP contribution in [0.5, 0.6) is 0 Å². The summed E-state index contributed by atoms with van der Waals surface area (Å²) < 4.78 is 5.50. The highest BCUT2D eigenvalue weighted by molar-refractivity contribution is 5.92. The molecule has 0 amide bonds. The van der Waals surface area contributed by atoms with Crippen LogP contribution in [0.2, 0.25) is 0 Å². The number of aromatic nitrogens is 2. The van der Waals surface area contributed by atoms with Gasteiger partial charge in [-0.25, -0.2) is 9.97 Å². The number of anilines is 1. The summed E-state index contributed by atoms with van der Waals surface area (Å²) in [5, 5.41) is 1.00. The highest BCUT2D eigenvalue weighted by atomic mass is 16.3. The Bertz CT molecular complexity index is 703. The zero-order chi connectivity index (χ0) is 12.5. The zero-order valence-electron chi connectivity index (χ0n) is 10.1. The third-order valence-corrected chi connectivity index (χ3v) is 2.88. The molecule has 0 saturated heterocycles. The number of benzene rings is 1. The number of nitrogens with two attached hydrogens (primary N) is 1. The molecular formula is C14H13N3O. The molecule has 18 heavy (non-hydrogen) atoms. The minimum absolute atomic E-state index is 0.488. The fraction of sp³-hybridized carbons (Fsp3) is 0.143. The molecule has 90 valence electrons. The van der Waals surface area contributed by atoms with E-state index in [1.807, 2.05) is 31.2 Å². The van der Waals surface area contributed by atoms with Crippen LogP contribution in [0.3, 0.4) is 0 Å². The summed E-state index contributed by atoms with van der Waals surface area (Å²) in [7, 11) is 0. The quantitative estimate of drug-likeness (QED) is 0.746. The molecule has 2 heterocycles. The van der Waals surface area contributed by atoms with E-state index in [0.29, 0.717) is 11.6 Å². The van der Waals surface area contributed by atoms with Gasteiger partial charge in [-0.15, -0.1) is 0 Å². The summed E-state index contributed by atoms with van der Waals surface area (Å²) in [5.74, 6) is 1.11. The Morgan fingerprint density at radius 3 is 2.89 bits per heavy atom. The van der Waals surface area contributed by atoms with Crippen LogP contribution in [0.15, 0.2) is 41.0 Å². The summed E-state index contributed by atoms with van der Waals surface area (Å²) in [4.78, 5) is 8.77. The largest absolute Gasteiger partial charge is 0.464 e. The third-order valence-electron chi connectivity index (χ3n) is 2.88. The van der Waals surface area contributed by atoms with Crippen LogP contribution < -0.4 is 5.73 Å². The number of fused-ring (bicyclic) bond motifs is 1. The molecule has 2 N–H and O–H groups in total. The third kappa shape index (κ3) is 1.72. The monoisotopic (exact) mass is 239 g/mol. The van der Waals surface area contributed by atoms with Gasteiger partial charge in [0.05, 0.1) is 5.56 Å². The van der Waals surface area contributed by atoms with Crippen molar-refractivity contribution < 1.29 is 4.42 Å². The molecule has 0 atom stereocenters. The predicted molar refractivity (Wildman–Crippen MR) is 71.0 cm³/mol. The summed E-state index contributed by atoms with van der Waals surface area (Å²) in [6.07, 6.45) is 2.51. The average molecular weight is 239 g/mol. The zero-order valence-corrected chi connectivity index (χ0v) is 10.1. The predicted octanol–water partition coefficient (Wildman–Crippen LogP) is 3.03. The molecule has 0 spiro atoms. The maximum Gasteiger partial charge on any atom is 0.165 e. The number of nitrogens with zero attached hydrogens (tertiary/aromatic N) is 2. The maximum absolute atomic E-state index is 5.80. The van der Waals surface area contributed by atoms with Gasteiger partial charge in [0.2, 0.25) is 0 Å². The Hall–Kier alpha value is -2.36. The van der Waals surface area contributed by atoms with Gasteiger partial charge in [-0.1, -0.05) is 25.1 Å². The number of hydrogen-bond acceptors (Lipinski definition) is 4. The van der Waals surface area contributed by atoms with Crippen molar-refractivity contribution in [2.45, 2.75) is 13.3 Å². The van der Waals surface area contributed by atoms with E-state index in [9.17, 15) is 0 Å². The maximum atomic E-state index is 5.80. The van der Waals surface area contributed by atoms with E-state index >= 15 is 0 Å². The molecule has 0 fully saturated rings. The second kappa shape index (κ2) is 4.14. The van der Waals surface area contributed by atoms with Crippen molar-refractivity contribution in [2.24, 2.45) is 0 Å². The van der Waals surface area contributed by atoms with Crippen LogP contribution in [0.1, 0.15) is 12.6 Å². The van der Waals surface area contributed by atoms with Crippen molar-refractivity contribution in [3.05, 3.63) is 42.3 Å². The van der Waals surface area contributed by atoms with E-state index in [-0.39, 0.29) is 0 Å². The van der Waals surface area contributed by atoms with Gasteiger partial charge >= 0.3 is 0 Å². The minimum Gasteiger partial charge on any atom is -0.464 e. The first kappa shape index (κ1) is 10.8. The molecule has 0 bridgehead atoms. The Balaban J connectivity index is 2.22. The SMILES string of the molecule is CCc1cc(N)nc(-c2coc3ccccc23)n1. The summed E-state index contributed by atoms with van der Waals surface area (Å²) in [6.45, 7) is 2.04. The molecule has 0 unspecified atom stereocenters. The Labute approximate surface area is 104 Å². The Morgan fingerprint density at radius 2 is 2.06 bits per heavy atom. The number of furan rings is 1. The normalized spacial score (nSPS) is 10.9. The average Bonchev–Trinajstić information content (AvgIpc) is 2.81. The van der Waals surface area contributed by atoms with Crippen LogP contribution in [0.25, 0.3) is 22.4 Å². The van der Waals surface area contributed by atoms with Gasteiger partial charge in [0, 0.05) is 17.1 Å². The van der Waals surface area contributed by atoms with Crippen molar-refractivity contribution in [1.29, 1.82) is 0 Å². The molecule has 0 aliphatic rings. The van der Waals surface area contributed by atoms with E-state index < -0.39 is 0 Å². The summed E-state index contributed by atoms with van der Waals surface area (Å²) >= 11 is 0. The lowest BCUT2D eigenvalue weighted by Gasteiger charge is -2.02. The lowest BCUT2D eigenvalue weighted by Crippen LogP contribution is -1.99. The molecule has 4 nitrogen and oxygen atoms in total. The van der Waals surface area contributed by atoms with Crippen molar-refractivity contribution in [3.8, 4) is 11.4 Å². The van der Waals surface area contributed by atoms with Crippen molar-refractivity contribution in [3.63, 3.8) is 0 Å². The summed E-state index contributed by atoms with van der Waals surface area (Å²) in [5.41, 5.74) is 8.45. The number of nitrogen functional groups attached to an aromatic ring is 1. The molecule has 2 aromatic heterocycles. The first-order valence-corrected chi connectivity index (χ1v) is 5.88. The van der Waals surface area contributed by atoms with Crippen LogP contribution in [-0.4, -0.2) is 9.97 Å². The summed E-state index contributed by atoms with van der Waals surface area (Å²) in [6, 6.07) is 9.62. The number of aryl methyl sites for hydroxylation is 1. The second-order valence-corrected chi connectivity index (χ2v) is 4.11. The van der Waals surface area contributed by atoms with E-state index in [0.717, 1.165) is 28.6 Å². The minimum atomic E-state index is 0.488. The molecule has 3 aromatic rings. The molecule has 3 rings (SSSR count). The van der Waals surface area contributed by atoms with Gasteiger partial charge in [0.15, 0.2) is 5.82 Å². The van der Waals surface area contributed by atoms with E-state index in [1.54, 1.807) is 12.3 Å². The van der Waals surface area contributed by atoms with Crippen molar-refractivity contribution in [1.82, 2.24) is 9.97 Å². The lowest BCUT2D eigenvalue weighted by molar-refractivity contribution is 0.616. The van der Waals surface area contributed by atoms with Gasteiger partial charge in [-0.05, 0) is 12.5 Å². The van der Waals surface area contributed by atoms with Crippen LogP contribution >= 0.6 is 0 Å². The molecular weight excluding hydrogens is 226 g/mol. The fourth-order valence-electron chi connectivity index (χ4n) is 1.97. The number of hydrogen-bond donors (Lipinski definition) is 1. The first-order chi connectivity index (χ1) is 8.78. The lowest BCUT2D eigenvalue weighted by atomic mass is 10.1. The molecule has 0 aliphatic heterocycles. The van der Waals surface area contributed by atoms with E-state index in [4.69, 9.17) is 10.2 Å². The van der Waals surface area contributed by atoms with Crippen molar-refractivity contribution in [2.75, 3.05) is 5.73 Å². The molecule has 1 aromatic carbocycles. The standard InChI is InChI=1S/C14H13N3O/c1-2-9-7-13(15)17-14(16-9)11-8-18-12-6-4-3-5-10(11)12/h3-8H,2H2,1H3,(H2,15,16,17). The van der Waals surface area contributed by atoms with E-state index in [2.05, 4.69) is 9.97 Å². The van der Waals surface area contributed by atoms with E-state index in [1.165, 1.54) is 0 Å². The topological polar surface area (TPSA) is 64.9 Å². The molecule has 0 radical (unpaired) electrons. The highest BCUT2D eigenvalue weighted by Gasteiger charge is 2.11. The smallest absolute Gasteiger partial charge is 0.165 e. The van der Waals surface area contributed by atoms with Gasteiger partial charge in [0.25, 0.3) is 0 Å². The second-order valence-electron chi connectivity index (χ2n) is 4.11.